The summed E-state index contributed by atoms with van der Waals surface area (Å²) in [5.74, 6) is -2.38. The van der Waals surface area contributed by atoms with Gasteiger partial charge in [-0.1, -0.05) is 0 Å². The zero-order valence-electron chi connectivity index (χ0n) is 11.1. The number of aliphatic carboxylic acids is 1. The lowest BCUT2D eigenvalue weighted by Crippen LogP contribution is -2.50. The number of carboxylic acids is 1. The molecule has 0 aliphatic carbocycles. The molecule has 2 saturated heterocycles. The highest BCUT2D eigenvalue weighted by molar-refractivity contribution is 5.77. The molecule has 20 heavy (non-hydrogen) atoms. The first kappa shape index (κ1) is 16.7. The predicted octanol–water partition coefficient (Wildman–Crippen LogP) is 1.38. The van der Waals surface area contributed by atoms with Crippen LogP contribution in [-0.4, -0.2) is 53.7 Å². The normalized spacial score (nSPS) is 23.9. The van der Waals surface area contributed by atoms with Crippen LogP contribution in [0.1, 0.15) is 32.1 Å². The van der Waals surface area contributed by atoms with Crippen LogP contribution in [0.4, 0.5) is 13.2 Å². The first-order valence-corrected chi connectivity index (χ1v) is 6.62. The summed E-state index contributed by atoms with van der Waals surface area (Å²) < 4.78 is 31.7. The van der Waals surface area contributed by atoms with Crippen molar-refractivity contribution in [3.05, 3.63) is 0 Å². The zero-order chi connectivity index (χ0) is 15.2. The van der Waals surface area contributed by atoms with Gasteiger partial charge in [0.2, 0.25) is 5.91 Å². The van der Waals surface area contributed by atoms with Crippen LogP contribution >= 0.6 is 0 Å². The summed E-state index contributed by atoms with van der Waals surface area (Å²) in [5.41, 5.74) is 0. The number of nitrogens with zero attached hydrogens (tertiary/aromatic N) is 1. The molecule has 0 bridgehead atoms. The van der Waals surface area contributed by atoms with E-state index >= 15 is 0 Å². The number of nitrogens with one attached hydrogen (secondary N) is 1. The second-order valence-electron chi connectivity index (χ2n) is 4.85. The van der Waals surface area contributed by atoms with Crippen LogP contribution in [0.5, 0.6) is 0 Å². The summed E-state index contributed by atoms with van der Waals surface area (Å²) >= 11 is 0. The minimum absolute atomic E-state index is 0.375. The van der Waals surface area contributed by atoms with E-state index in [-0.39, 0.29) is 0 Å². The molecule has 2 rings (SSSR count). The van der Waals surface area contributed by atoms with E-state index in [4.69, 9.17) is 9.90 Å². The maximum Gasteiger partial charge on any atom is 0.490 e. The Morgan fingerprint density at radius 2 is 1.95 bits per heavy atom. The molecule has 2 N–H and O–H groups in total. The Morgan fingerprint density at radius 3 is 2.40 bits per heavy atom. The van der Waals surface area contributed by atoms with Crippen molar-refractivity contribution in [2.75, 3.05) is 19.6 Å². The Kier molecular flexibility index (Phi) is 6.25. The molecule has 2 fully saturated rings. The SMILES string of the molecule is O=C(O)C(F)(F)F.O=C1CCCCN1C1CCCNC1. The van der Waals surface area contributed by atoms with Gasteiger partial charge in [-0.05, 0) is 32.2 Å². The lowest BCUT2D eigenvalue weighted by molar-refractivity contribution is -0.192. The first-order valence-electron chi connectivity index (χ1n) is 6.62. The van der Waals surface area contributed by atoms with E-state index in [0.717, 1.165) is 32.5 Å². The van der Waals surface area contributed by atoms with Crippen molar-refractivity contribution < 1.29 is 27.9 Å². The molecule has 0 spiro atoms. The van der Waals surface area contributed by atoms with E-state index in [1.54, 1.807) is 0 Å². The summed E-state index contributed by atoms with van der Waals surface area (Å²) in [7, 11) is 0. The van der Waals surface area contributed by atoms with Gasteiger partial charge in [-0.3, -0.25) is 4.79 Å². The maximum atomic E-state index is 11.6. The summed E-state index contributed by atoms with van der Waals surface area (Å²) in [4.78, 5) is 22.6. The van der Waals surface area contributed by atoms with Crippen molar-refractivity contribution in [2.24, 2.45) is 0 Å². The molecule has 5 nitrogen and oxygen atoms in total. The Morgan fingerprint density at radius 1 is 1.30 bits per heavy atom. The number of piperidine rings is 2. The number of amides is 1. The third-order valence-corrected chi connectivity index (χ3v) is 3.31. The average molecular weight is 296 g/mol. The summed E-state index contributed by atoms with van der Waals surface area (Å²) in [6, 6.07) is 0.488. The van der Waals surface area contributed by atoms with Crippen molar-refractivity contribution in [2.45, 2.75) is 44.3 Å². The average Bonchev–Trinajstić information content (AvgIpc) is 2.40. The van der Waals surface area contributed by atoms with Gasteiger partial charge >= 0.3 is 12.1 Å². The summed E-state index contributed by atoms with van der Waals surface area (Å²) in [6.07, 6.45) is 0.390. The molecule has 1 atom stereocenters. The van der Waals surface area contributed by atoms with Gasteiger partial charge < -0.3 is 15.3 Å². The summed E-state index contributed by atoms with van der Waals surface area (Å²) in [6.45, 7) is 3.12. The second kappa shape index (κ2) is 7.47. The topological polar surface area (TPSA) is 69.6 Å². The molecule has 2 aliphatic heterocycles. The molecular formula is C12H19F3N2O3. The lowest BCUT2D eigenvalue weighted by atomic mass is 10.0. The van der Waals surface area contributed by atoms with Gasteiger partial charge in [0.1, 0.15) is 0 Å². The minimum Gasteiger partial charge on any atom is -0.475 e. The number of hydrogen-bond donors (Lipinski definition) is 2. The van der Waals surface area contributed by atoms with Crippen LogP contribution < -0.4 is 5.32 Å². The highest BCUT2D eigenvalue weighted by Crippen LogP contribution is 2.17. The van der Waals surface area contributed by atoms with Gasteiger partial charge in [0, 0.05) is 25.6 Å². The van der Waals surface area contributed by atoms with Gasteiger partial charge in [-0.2, -0.15) is 13.2 Å². The van der Waals surface area contributed by atoms with Crippen molar-refractivity contribution in [1.82, 2.24) is 10.2 Å². The van der Waals surface area contributed by atoms with Crippen molar-refractivity contribution in [1.29, 1.82) is 0 Å². The maximum absolute atomic E-state index is 11.6. The highest BCUT2D eigenvalue weighted by atomic mass is 19.4. The number of rotatable bonds is 1. The van der Waals surface area contributed by atoms with E-state index in [2.05, 4.69) is 10.2 Å². The lowest BCUT2D eigenvalue weighted by Gasteiger charge is -2.37. The molecule has 1 unspecified atom stereocenters. The molecule has 0 radical (unpaired) electrons. The Balaban J connectivity index is 0.000000246. The number of carbonyl (C=O) groups is 2. The molecule has 0 saturated carbocycles. The fourth-order valence-corrected chi connectivity index (χ4v) is 2.31. The Labute approximate surface area is 115 Å². The molecule has 0 aromatic heterocycles. The Bertz CT molecular complexity index is 341. The fourth-order valence-electron chi connectivity index (χ4n) is 2.31. The molecule has 8 heteroatoms. The molecule has 1 amide bonds. The Hall–Kier alpha value is -1.31. The van der Waals surface area contributed by atoms with Gasteiger partial charge in [0.05, 0.1) is 0 Å². The van der Waals surface area contributed by atoms with Crippen LogP contribution in [0.25, 0.3) is 0 Å². The van der Waals surface area contributed by atoms with Gasteiger partial charge in [0.15, 0.2) is 0 Å². The molecule has 116 valence electrons. The number of alkyl halides is 3. The molecular weight excluding hydrogens is 277 g/mol. The largest absolute Gasteiger partial charge is 0.490 e. The number of carboxylic acid groups (broad SMARTS) is 1. The third kappa shape index (κ3) is 5.36. The van der Waals surface area contributed by atoms with Crippen molar-refractivity contribution in [3.63, 3.8) is 0 Å². The highest BCUT2D eigenvalue weighted by Gasteiger charge is 2.38. The smallest absolute Gasteiger partial charge is 0.475 e. The quantitative estimate of drug-likeness (QED) is 0.767. The zero-order valence-corrected chi connectivity index (χ0v) is 11.1. The third-order valence-electron chi connectivity index (χ3n) is 3.31. The van der Waals surface area contributed by atoms with Crippen LogP contribution in [0, 0.1) is 0 Å². The van der Waals surface area contributed by atoms with Crippen LogP contribution in [0.3, 0.4) is 0 Å². The van der Waals surface area contributed by atoms with Crippen LogP contribution in [0.15, 0.2) is 0 Å². The van der Waals surface area contributed by atoms with Gasteiger partial charge in [-0.25, -0.2) is 4.79 Å². The van der Waals surface area contributed by atoms with E-state index < -0.39 is 12.1 Å². The fraction of sp³-hybridized carbons (Fsp3) is 0.833. The van der Waals surface area contributed by atoms with E-state index in [9.17, 15) is 18.0 Å². The first-order chi connectivity index (χ1) is 9.32. The van der Waals surface area contributed by atoms with E-state index in [0.29, 0.717) is 11.9 Å². The number of hydrogen-bond acceptors (Lipinski definition) is 3. The number of likely N-dealkylation sites (tertiary alicyclic amines) is 1. The van der Waals surface area contributed by atoms with Crippen molar-refractivity contribution in [3.8, 4) is 0 Å². The second-order valence-corrected chi connectivity index (χ2v) is 4.85. The minimum atomic E-state index is -5.08. The summed E-state index contributed by atoms with van der Waals surface area (Å²) in [5, 5.41) is 10.5. The molecule has 0 aromatic carbocycles. The van der Waals surface area contributed by atoms with E-state index in [1.165, 1.54) is 19.3 Å². The van der Waals surface area contributed by atoms with E-state index in [1.807, 2.05) is 0 Å². The predicted molar refractivity (Wildman–Crippen MR) is 65.1 cm³/mol. The molecule has 2 aliphatic rings. The van der Waals surface area contributed by atoms with Crippen molar-refractivity contribution >= 4 is 11.9 Å². The number of halogens is 3. The van der Waals surface area contributed by atoms with Gasteiger partial charge in [0.25, 0.3) is 0 Å². The van der Waals surface area contributed by atoms with Gasteiger partial charge in [-0.15, -0.1) is 0 Å². The monoisotopic (exact) mass is 296 g/mol. The van der Waals surface area contributed by atoms with Crippen LogP contribution in [-0.2, 0) is 9.59 Å². The molecule has 0 aromatic rings. The molecule has 2 heterocycles. The van der Waals surface area contributed by atoms with Crippen LogP contribution in [0.2, 0.25) is 0 Å². The number of carbonyl (C=O) groups excluding carboxylic acids is 1. The standard InChI is InChI=1S/C10H18N2O.C2HF3O2/c13-10-5-1-2-7-12(10)9-4-3-6-11-8-9;3-2(4,5)1(6)7/h9,11H,1-8H2;(H,6,7).